The van der Waals surface area contributed by atoms with Gasteiger partial charge >= 0.3 is 0 Å². The SMILES string of the molecule is Cc1nc(C2CCCN(C(=O)c3nccn3C)C2)nc2c1CC(=O)N2Cc1ccc(F)cc1. The lowest BCUT2D eigenvalue weighted by Gasteiger charge is -2.32. The largest absolute Gasteiger partial charge is 0.335 e. The fraction of sp³-hybridized carbons (Fsp3) is 0.375. The first-order chi connectivity index (χ1) is 15.9. The lowest BCUT2D eigenvalue weighted by atomic mass is 9.96. The van der Waals surface area contributed by atoms with Gasteiger partial charge in [0.15, 0.2) is 5.82 Å². The molecule has 2 aromatic heterocycles. The van der Waals surface area contributed by atoms with E-state index in [0.717, 1.165) is 29.7 Å². The Labute approximate surface area is 191 Å². The highest BCUT2D eigenvalue weighted by molar-refractivity contribution is 6.00. The molecular formula is C24H25FN6O2. The summed E-state index contributed by atoms with van der Waals surface area (Å²) in [6, 6.07) is 6.14. The molecule has 0 saturated carbocycles. The van der Waals surface area contributed by atoms with Crippen LogP contribution in [0.25, 0.3) is 0 Å². The number of likely N-dealkylation sites (tertiary alicyclic amines) is 1. The van der Waals surface area contributed by atoms with Crippen LogP contribution in [0.15, 0.2) is 36.7 Å². The van der Waals surface area contributed by atoms with Gasteiger partial charge in [-0.2, -0.15) is 0 Å². The average molecular weight is 449 g/mol. The predicted molar refractivity (Wildman–Crippen MR) is 119 cm³/mol. The number of hydrogen-bond acceptors (Lipinski definition) is 5. The van der Waals surface area contributed by atoms with Gasteiger partial charge in [-0.25, -0.2) is 19.3 Å². The molecule has 8 nitrogen and oxygen atoms in total. The minimum Gasteiger partial charge on any atom is -0.335 e. The van der Waals surface area contributed by atoms with Crippen LogP contribution >= 0.6 is 0 Å². The standard InChI is InChI=1S/C24H25FN6O2/c1-15-19-12-20(32)31(13-16-5-7-18(25)8-6-16)22(19)28-21(27-15)17-4-3-10-30(14-17)24(33)23-26-9-11-29(23)2/h5-9,11,17H,3-4,10,12-14H2,1-2H3. The van der Waals surface area contributed by atoms with E-state index in [1.54, 1.807) is 41.0 Å². The zero-order chi connectivity index (χ0) is 23.1. The van der Waals surface area contributed by atoms with Crippen molar-refractivity contribution in [3.05, 3.63) is 70.9 Å². The van der Waals surface area contributed by atoms with Gasteiger partial charge in [-0.05, 0) is 37.5 Å². The number of halogens is 1. The van der Waals surface area contributed by atoms with Crippen molar-refractivity contribution in [2.24, 2.45) is 7.05 Å². The number of rotatable bonds is 4. The number of anilines is 1. The molecule has 4 heterocycles. The molecule has 5 rings (SSSR count). The van der Waals surface area contributed by atoms with Crippen molar-refractivity contribution in [1.29, 1.82) is 0 Å². The predicted octanol–water partition coefficient (Wildman–Crippen LogP) is 2.77. The molecular weight excluding hydrogens is 423 g/mol. The summed E-state index contributed by atoms with van der Waals surface area (Å²) < 4.78 is 15.0. The Morgan fingerprint density at radius 2 is 2.00 bits per heavy atom. The van der Waals surface area contributed by atoms with Gasteiger partial charge in [0.2, 0.25) is 5.91 Å². The molecule has 2 aliphatic heterocycles. The summed E-state index contributed by atoms with van der Waals surface area (Å²) in [7, 11) is 1.81. The molecule has 1 aromatic carbocycles. The fourth-order valence-corrected chi connectivity index (χ4v) is 4.60. The van der Waals surface area contributed by atoms with Crippen molar-refractivity contribution in [3.63, 3.8) is 0 Å². The van der Waals surface area contributed by atoms with E-state index < -0.39 is 0 Å². The van der Waals surface area contributed by atoms with Gasteiger partial charge in [-0.15, -0.1) is 0 Å². The third kappa shape index (κ3) is 3.99. The monoisotopic (exact) mass is 448 g/mol. The highest BCUT2D eigenvalue weighted by atomic mass is 19.1. The molecule has 0 bridgehead atoms. The first kappa shape index (κ1) is 21.2. The summed E-state index contributed by atoms with van der Waals surface area (Å²) in [5.41, 5.74) is 2.46. The Hall–Kier alpha value is -3.62. The third-order valence-electron chi connectivity index (χ3n) is 6.43. The van der Waals surface area contributed by atoms with Gasteiger partial charge in [0.1, 0.15) is 17.5 Å². The molecule has 3 aromatic rings. The Bertz CT molecular complexity index is 1220. The Balaban J connectivity index is 1.41. The van der Waals surface area contributed by atoms with E-state index in [1.165, 1.54) is 12.1 Å². The lowest BCUT2D eigenvalue weighted by Crippen LogP contribution is -2.40. The van der Waals surface area contributed by atoms with Crippen molar-refractivity contribution < 1.29 is 14.0 Å². The number of nitrogens with zero attached hydrogens (tertiary/aromatic N) is 6. The highest BCUT2D eigenvalue weighted by Crippen LogP contribution is 2.33. The summed E-state index contributed by atoms with van der Waals surface area (Å²) >= 11 is 0. The summed E-state index contributed by atoms with van der Waals surface area (Å²) in [5, 5.41) is 0. The zero-order valence-electron chi connectivity index (χ0n) is 18.7. The molecule has 1 atom stereocenters. The third-order valence-corrected chi connectivity index (χ3v) is 6.43. The second-order valence-electron chi connectivity index (χ2n) is 8.70. The van der Waals surface area contributed by atoms with Gasteiger partial charge in [-0.1, -0.05) is 12.1 Å². The van der Waals surface area contributed by atoms with Crippen LogP contribution in [0.3, 0.4) is 0 Å². The molecule has 1 unspecified atom stereocenters. The molecule has 170 valence electrons. The minimum absolute atomic E-state index is 0.0182. The van der Waals surface area contributed by atoms with Gasteiger partial charge < -0.3 is 9.47 Å². The van der Waals surface area contributed by atoms with E-state index in [4.69, 9.17) is 9.97 Å². The molecule has 0 radical (unpaired) electrons. The molecule has 0 aliphatic carbocycles. The fourth-order valence-electron chi connectivity index (χ4n) is 4.60. The van der Waals surface area contributed by atoms with Crippen LogP contribution in [-0.2, 0) is 24.8 Å². The van der Waals surface area contributed by atoms with Gasteiger partial charge in [0.25, 0.3) is 5.91 Å². The number of carbonyl (C=O) groups is 2. The molecule has 33 heavy (non-hydrogen) atoms. The molecule has 1 saturated heterocycles. The summed E-state index contributed by atoms with van der Waals surface area (Å²) in [6.45, 7) is 3.41. The van der Waals surface area contributed by atoms with Gasteiger partial charge in [-0.3, -0.25) is 14.5 Å². The Morgan fingerprint density at radius 3 is 2.73 bits per heavy atom. The van der Waals surface area contributed by atoms with Crippen LogP contribution in [0.2, 0.25) is 0 Å². The van der Waals surface area contributed by atoms with E-state index in [-0.39, 0.29) is 30.0 Å². The lowest BCUT2D eigenvalue weighted by molar-refractivity contribution is -0.117. The number of aromatic nitrogens is 4. The van der Waals surface area contributed by atoms with Crippen LogP contribution in [-0.4, -0.2) is 49.3 Å². The maximum absolute atomic E-state index is 13.3. The summed E-state index contributed by atoms with van der Waals surface area (Å²) in [4.78, 5) is 42.9. The van der Waals surface area contributed by atoms with Crippen LogP contribution in [0.1, 0.15) is 52.0 Å². The van der Waals surface area contributed by atoms with Crippen molar-refractivity contribution in [2.75, 3.05) is 18.0 Å². The van der Waals surface area contributed by atoms with E-state index >= 15 is 0 Å². The number of amides is 2. The Morgan fingerprint density at radius 1 is 1.21 bits per heavy atom. The molecule has 2 aliphatic rings. The second kappa shape index (κ2) is 8.38. The number of benzene rings is 1. The van der Waals surface area contributed by atoms with Crippen LogP contribution < -0.4 is 4.90 Å². The molecule has 2 amide bonds. The summed E-state index contributed by atoms with van der Waals surface area (Å²) in [6.07, 6.45) is 5.35. The van der Waals surface area contributed by atoms with Crippen molar-refractivity contribution >= 4 is 17.6 Å². The quantitative estimate of drug-likeness (QED) is 0.613. The van der Waals surface area contributed by atoms with Crippen molar-refractivity contribution in [2.45, 2.75) is 38.6 Å². The normalized spacial score (nSPS) is 18.0. The molecule has 1 fully saturated rings. The van der Waals surface area contributed by atoms with Gasteiger partial charge in [0, 0.05) is 49.7 Å². The van der Waals surface area contributed by atoms with E-state index in [1.807, 2.05) is 11.8 Å². The average Bonchev–Trinajstić information content (AvgIpc) is 3.38. The minimum atomic E-state index is -0.311. The number of piperidine rings is 1. The smallest absolute Gasteiger partial charge is 0.289 e. The molecule has 0 spiro atoms. The van der Waals surface area contributed by atoms with Crippen molar-refractivity contribution in [1.82, 2.24) is 24.4 Å². The van der Waals surface area contributed by atoms with Crippen LogP contribution in [0.5, 0.6) is 0 Å². The number of carbonyl (C=O) groups excluding carboxylic acids is 2. The first-order valence-electron chi connectivity index (χ1n) is 11.1. The van der Waals surface area contributed by atoms with Crippen molar-refractivity contribution in [3.8, 4) is 0 Å². The molecule has 0 N–H and O–H groups in total. The number of fused-ring (bicyclic) bond motifs is 1. The first-order valence-corrected chi connectivity index (χ1v) is 11.1. The van der Waals surface area contributed by atoms with Gasteiger partial charge in [0.05, 0.1) is 13.0 Å². The second-order valence-corrected chi connectivity index (χ2v) is 8.70. The molecule has 9 heteroatoms. The maximum atomic E-state index is 13.3. The Kier molecular flexibility index (Phi) is 5.39. The zero-order valence-corrected chi connectivity index (χ0v) is 18.7. The van der Waals surface area contributed by atoms with Crippen LogP contribution in [0, 0.1) is 12.7 Å². The number of aryl methyl sites for hydroxylation is 2. The van der Waals surface area contributed by atoms with Crippen LogP contribution in [0.4, 0.5) is 10.2 Å². The number of imidazole rings is 1. The number of hydrogen-bond donors (Lipinski definition) is 0. The van der Waals surface area contributed by atoms with E-state index in [0.29, 0.717) is 37.1 Å². The van der Waals surface area contributed by atoms with E-state index in [2.05, 4.69) is 4.98 Å². The topological polar surface area (TPSA) is 84.2 Å². The summed E-state index contributed by atoms with van der Waals surface area (Å²) in [5.74, 6) is 1.22. The highest BCUT2D eigenvalue weighted by Gasteiger charge is 2.34. The maximum Gasteiger partial charge on any atom is 0.289 e. The van der Waals surface area contributed by atoms with E-state index in [9.17, 15) is 14.0 Å².